The molecule has 5 heteroatoms. The van der Waals surface area contributed by atoms with Gasteiger partial charge in [0.25, 0.3) is 5.91 Å². The molecule has 2 aromatic rings. The van der Waals surface area contributed by atoms with Crippen LogP contribution in [0.2, 0.25) is 0 Å². The number of fused-ring (bicyclic) bond motifs is 1. The van der Waals surface area contributed by atoms with E-state index in [0.29, 0.717) is 18.7 Å². The lowest BCUT2D eigenvalue weighted by atomic mass is 10.0. The summed E-state index contributed by atoms with van der Waals surface area (Å²) in [5.74, 6) is 0.869. The van der Waals surface area contributed by atoms with Crippen LogP contribution in [0, 0.1) is 6.92 Å². The monoisotopic (exact) mass is 366 g/mol. The first kappa shape index (κ1) is 18.0. The summed E-state index contributed by atoms with van der Waals surface area (Å²) >= 11 is 0. The van der Waals surface area contributed by atoms with Crippen molar-refractivity contribution in [1.82, 2.24) is 10.2 Å². The summed E-state index contributed by atoms with van der Waals surface area (Å²) < 4.78 is 11.0. The van der Waals surface area contributed by atoms with Crippen LogP contribution in [0.15, 0.2) is 42.5 Å². The van der Waals surface area contributed by atoms with Crippen molar-refractivity contribution in [2.75, 3.05) is 39.5 Å². The van der Waals surface area contributed by atoms with Gasteiger partial charge in [0.05, 0.1) is 25.9 Å². The maximum absolute atomic E-state index is 12.7. The van der Waals surface area contributed by atoms with Gasteiger partial charge in [-0.1, -0.05) is 29.8 Å². The molecule has 0 saturated carbocycles. The van der Waals surface area contributed by atoms with Crippen molar-refractivity contribution in [2.45, 2.75) is 19.4 Å². The number of carbonyl (C=O) groups is 1. The molecule has 1 fully saturated rings. The lowest BCUT2D eigenvalue weighted by Crippen LogP contribution is -2.43. The zero-order chi connectivity index (χ0) is 18.6. The van der Waals surface area contributed by atoms with Gasteiger partial charge in [-0.05, 0) is 36.2 Å². The number of hydrogen-bond donors (Lipinski definition) is 1. The number of benzene rings is 2. The summed E-state index contributed by atoms with van der Waals surface area (Å²) in [5, 5.41) is 3.14. The fourth-order valence-electron chi connectivity index (χ4n) is 3.84. The molecule has 0 spiro atoms. The number of amides is 1. The smallest absolute Gasteiger partial charge is 0.251 e. The molecule has 1 saturated heterocycles. The van der Waals surface area contributed by atoms with Crippen LogP contribution in [-0.2, 0) is 11.2 Å². The Morgan fingerprint density at radius 2 is 2.00 bits per heavy atom. The van der Waals surface area contributed by atoms with Gasteiger partial charge in [-0.15, -0.1) is 0 Å². The number of nitrogens with one attached hydrogen (secondary N) is 1. The average molecular weight is 366 g/mol. The third-order valence-electron chi connectivity index (χ3n) is 5.32. The standard InChI is InChI=1S/C22H26N2O3/c1-16-3-2-4-17(13-16)20(24-8-11-26-12-9-24)15-23-22(25)19-5-6-21-18(14-19)7-10-27-21/h2-6,13-14,20H,7-12,15H2,1H3,(H,23,25). The van der Waals surface area contributed by atoms with Crippen molar-refractivity contribution in [3.05, 3.63) is 64.7 Å². The van der Waals surface area contributed by atoms with Crippen LogP contribution in [0.3, 0.4) is 0 Å². The second kappa shape index (κ2) is 8.11. The zero-order valence-corrected chi connectivity index (χ0v) is 15.7. The quantitative estimate of drug-likeness (QED) is 0.884. The van der Waals surface area contributed by atoms with Crippen LogP contribution in [0.1, 0.15) is 33.1 Å². The molecule has 27 heavy (non-hydrogen) atoms. The molecule has 2 aliphatic rings. The van der Waals surface area contributed by atoms with E-state index in [1.54, 1.807) is 0 Å². The van der Waals surface area contributed by atoms with Gasteiger partial charge >= 0.3 is 0 Å². The van der Waals surface area contributed by atoms with Crippen molar-refractivity contribution in [3.8, 4) is 5.75 Å². The summed E-state index contributed by atoms with van der Waals surface area (Å²) in [6.45, 7) is 6.62. The van der Waals surface area contributed by atoms with Gasteiger partial charge in [0.2, 0.25) is 0 Å². The Bertz CT molecular complexity index is 815. The molecule has 0 aromatic heterocycles. The molecule has 2 aromatic carbocycles. The molecule has 0 aliphatic carbocycles. The van der Waals surface area contributed by atoms with Crippen LogP contribution < -0.4 is 10.1 Å². The Morgan fingerprint density at radius 1 is 1.15 bits per heavy atom. The van der Waals surface area contributed by atoms with Gasteiger partial charge in [0.15, 0.2) is 0 Å². The Hall–Kier alpha value is -2.37. The summed E-state index contributed by atoms with van der Waals surface area (Å²) in [6.07, 6.45) is 0.871. The van der Waals surface area contributed by atoms with E-state index in [-0.39, 0.29) is 11.9 Å². The molecule has 2 heterocycles. The number of nitrogens with zero attached hydrogens (tertiary/aromatic N) is 1. The molecular weight excluding hydrogens is 340 g/mol. The minimum absolute atomic E-state index is 0.0318. The second-order valence-corrected chi connectivity index (χ2v) is 7.21. The van der Waals surface area contributed by atoms with Gasteiger partial charge in [0, 0.05) is 31.6 Å². The van der Waals surface area contributed by atoms with E-state index in [4.69, 9.17) is 9.47 Å². The minimum Gasteiger partial charge on any atom is -0.493 e. The predicted octanol–water partition coefficient (Wildman–Crippen LogP) is 2.73. The van der Waals surface area contributed by atoms with E-state index in [1.807, 2.05) is 18.2 Å². The predicted molar refractivity (Wildman–Crippen MR) is 104 cm³/mol. The van der Waals surface area contributed by atoms with Crippen molar-refractivity contribution in [2.24, 2.45) is 0 Å². The lowest BCUT2D eigenvalue weighted by molar-refractivity contribution is 0.0162. The molecular formula is C22H26N2O3. The molecule has 1 unspecified atom stereocenters. The lowest BCUT2D eigenvalue weighted by Gasteiger charge is -2.35. The van der Waals surface area contributed by atoms with Gasteiger partial charge in [-0.2, -0.15) is 0 Å². The summed E-state index contributed by atoms with van der Waals surface area (Å²) in [6, 6.07) is 14.4. The Labute approximate surface area is 160 Å². The van der Waals surface area contributed by atoms with Gasteiger partial charge < -0.3 is 14.8 Å². The molecule has 0 radical (unpaired) electrons. The van der Waals surface area contributed by atoms with Gasteiger partial charge in [0.1, 0.15) is 5.75 Å². The van der Waals surface area contributed by atoms with E-state index in [2.05, 4.69) is 41.4 Å². The Balaban J connectivity index is 1.48. The summed E-state index contributed by atoms with van der Waals surface area (Å²) in [7, 11) is 0. The highest BCUT2D eigenvalue weighted by atomic mass is 16.5. The maximum atomic E-state index is 12.7. The normalized spacial score (nSPS) is 17.8. The fraction of sp³-hybridized carbons (Fsp3) is 0.409. The largest absolute Gasteiger partial charge is 0.493 e. The highest BCUT2D eigenvalue weighted by molar-refractivity contribution is 5.94. The highest BCUT2D eigenvalue weighted by Gasteiger charge is 2.24. The van der Waals surface area contributed by atoms with Crippen LogP contribution in [0.25, 0.3) is 0 Å². The van der Waals surface area contributed by atoms with Crippen LogP contribution in [0.5, 0.6) is 5.75 Å². The molecule has 5 nitrogen and oxygen atoms in total. The first-order chi connectivity index (χ1) is 13.2. The molecule has 4 rings (SSSR count). The number of morpholine rings is 1. The van der Waals surface area contributed by atoms with E-state index >= 15 is 0 Å². The number of ether oxygens (including phenoxy) is 2. The Morgan fingerprint density at radius 3 is 2.81 bits per heavy atom. The van der Waals surface area contributed by atoms with Gasteiger partial charge in [-0.25, -0.2) is 0 Å². The minimum atomic E-state index is -0.0318. The zero-order valence-electron chi connectivity index (χ0n) is 15.7. The first-order valence-electron chi connectivity index (χ1n) is 9.63. The van der Waals surface area contributed by atoms with E-state index in [1.165, 1.54) is 11.1 Å². The number of hydrogen-bond acceptors (Lipinski definition) is 4. The van der Waals surface area contributed by atoms with Crippen molar-refractivity contribution in [1.29, 1.82) is 0 Å². The van der Waals surface area contributed by atoms with E-state index in [0.717, 1.165) is 44.0 Å². The molecule has 0 bridgehead atoms. The molecule has 2 aliphatic heterocycles. The highest BCUT2D eigenvalue weighted by Crippen LogP contribution is 2.26. The number of carbonyl (C=O) groups excluding carboxylic acids is 1. The van der Waals surface area contributed by atoms with E-state index < -0.39 is 0 Å². The maximum Gasteiger partial charge on any atom is 0.251 e. The van der Waals surface area contributed by atoms with Crippen LogP contribution in [-0.4, -0.2) is 50.3 Å². The van der Waals surface area contributed by atoms with Gasteiger partial charge in [-0.3, -0.25) is 9.69 Å². The topological polar surface area (TPSA) is 50.8 Å². The van der Waals surface area contributed by atoms with Crippen LogP contribution in [0.4, 0.5) is 0 Å². The number of aryl methyl sites for hydroxylation is 1. The van der Waals surface area contributed by atoms with Crippen LogP contribution >= 0.6 is 0 Å². The molecule has 1 atom stereocenters. The van der Waals surface area contributed by atoms with Crippen molar-refractivity contribution in [3.63, 3.8) is 0 Å². The SMILES string of the molecule is Cc1cccc(C(CNC(=O)c2ccc3c(c2)CCO3)N2CCOCC2)c1. The molecule has 1 amide bonds. The fourth-order valence-corrected chi connectivity index (χ4v) is 3.84. The van der Waals surface area contributed by atoms with E-state index in [9.17, 15) is 4.79 Å². The summed E-state index contributed by atoms with van der Waals surface area (Å²) in [4.78, 5) is 15.1. The molecule has 142 valence electrons. The summed E-state index contributed by atoms with van der Waals surface area (Å²) in [5.41, 5.74) is 4.28. The third-order valence-corrected chi connectivity index (χ3v) is 5.32. The van der Waals surface area contributed by atoms with Crippen molar-refractivity contribution < 1.29 is 14.3 Å². The third kappa shape index (κ3) is 4.15. The average Bonchev–Trinajstić information content (AvgIpc) is 3.17. The first-order valence-corrected chi connectivity index (χ1v) is 9.63. The second-order valence-electron chi connectivity index (χ2n) is 7.21. The number of rotatable bonds is 5. The Kier molecular flexibility index (Phi) is 5.41. The molecule has 1 N–H and O–H groups in total. The van der Waals surface area contributed by atoms with Crippen molar-refractivity contribution >= 4 is 5.91 Å².